The SMILES string of the molecule is C/C=C/OCN1c2cc(OC)c(C3(C(=O)OC)CC4CN(CCc5c3[nH]c3ccccc53)CC(O)(CC)C4)cc2C23CCN4CC=CC(CC)(C(OC(C)=O)C(O)(C(=O)OC)C12)C43. The molecule has 2 bridgehead atoms. The van der Waals surface area contributed by atoms with Gasteiger partial charge in [-0.1, -0.05) is 50.3 Å². The maximum absolute atomic E-state index is 15.5. The van der Waals surface area contributed by atoms with E-state index in [1.54, 1.807) is 19.4 Å². The second kappa shape index (κ2) is 15.7. The number of fused-ring (bicyclic) bond motifs is 6. The molecule has 6 heterocycles. The number of carbonyl (C=O) groups excluding carboxylic acids is 3. The van der Waals surface area contributed by atoms with E-state index in [9.17, 15) is 19.8 Å². The van der Waals surface area contributed by atoms with Crippen molar-refractivity contribution in [1.29, 1.82) is 0 Å². The van der Waals surface area contributed by atoms with Crippen LogP contribution in [0.5, 0.6) is 5.75 Å². The van der Waals surface area contributed by atoms with Gasteiger partial charge in [0.2, 0.25) is 5.60 Å². The Balaban J connectivity index is 1.39. The van der Waals surface area contributed by atoms with E-state index in [0.29, 0.717) is 88.2 Å². The molecule has 6 aliphatic rings. The Morgan fingerprint density at radius 3 is 2.44 bits per heavy atom. The Hall–Kier alpha value is -4.89. The first kappa shape index (κ1) is 43.4. The first-order valence-electron chi connectivity index (χ1n) is 22.5. The number of rotatable bonds is 10. The molecule has 2 aromatic carbocycles. The van der Waals surface area contributed by atoms with Crippen molar-refractivity contribution in [2.75, 3.05) is 65.7 Å². The fourth-order valence-corrected chi connectivity index (χ4v) is 13.7. The van der Waals surface area contributed by atoms with Gasteiger partial charge < -0.3 is 43.8 Å². The number of benzene rings is 2. The van der Waals surface area contributed by atoms with Gasteiger partial charge in [-0.2, -0.15) is 0 Å². The predicted octanol–water partition coefficient (Wildman–Crippen LogP) is 4.87. The van der Waals surface area contributed by atoms with Crippen LogP contribution in [-0.4, -0.2) is 133 Å². The monoisotopic (exact) mass is 866 g/mol. The molecule has 5 aliphatic heterocycles. The number of aliphatic hydroxyl groups is 2. The normalized spacial score (nSPS) is 35.4. The molecule has 3 fully saturated rings. The lowest BCUT2D eigenvalue weighted by molar-refractivity contribution is -0.229. The van der Waals surface area contributed by atoms with Crippen molar-refractivity contribution in [3.05, 3.63) is 83.3 Å². The number of hydrogen-bond donors (Lipinski definition) is 3. The number of carbonyl (C=O) groups is 3. The molecule has 14 heteroatoms. The molecule has 1 spiro atoms. The van der Waals surface area contributed by atoms with E-state index in [2.05, 4.69) is 26.9 Å². The third-order valence-corrected chi connectivity index (χ3v) is 15.9. The Bertz CT molecular complexity index is 2380. The minimum absolute atomic E-state index is 0.0815. The van der Waals surface area contributed by atoms with Gasteiger partial charge in [-0.25, -0.2) is 4.79 Å². The Morgan fingerprint density at radius 1 is 0.968 bits per heavy atom. The van der Waals surface area contributed by atoms with Crippen LogP contribution in [0.3, 0.4) is 0 Å². The van der Waals surface area contributed by atoms with E-state index in [0.717, 1.165) is 27.7 Å². The van der Waals surface area contributed by atoms with Gasteiger partial charge in [0.1, 0.15) is 11.2 Å². The number of anilines is 1. The summed E-state index contributed by atoms with van der Waals surface area (Å²) < 4.78 is 30.4. The molecule has 10 atom stereocenters. The van der Waals surface area contributed by atoms with Crippen molar-refractivity contribution in [1.82, 2.24) is 14.8 Å². The van der Waals surface area contributed by atoms with Crippen molar-refractivity contribution in [2.45, 2.75) is 106 Å². The molecular formula is C49H62N4O10. The summed E-state index contributed by atoms with van der Waals surface area (Å²) in [6.45, 7) is 10.2. The van der Waals surface area contributed by atoms with Gasteiger partial charge in [0, 0.05) is 83.9 Å². The number of nitrogens with one attached hydrogen (secondary N) is 1. The lowest BCUT2D eigenvalue weighted by Gasteiger charge is -2.63. The highest BCUT2D eigenvalue weighted by molar-refractivity contribution is 5.95. The zero-order valence-corrected chi connectivity index (χ0v) is 37.6. The number of para-hydroxylation sites is 1. The molecule has 10 unspecified atom stereocenters. The highest BCUT2D eigenvalue weighted by Crippen LogP contribution is 2.68. The molecular weight excluding hydrogens is 805 g/mol. The fraction of sp³-hybridized carbons (Fsp3) is 0.571. The lowest BCUT2D eigenvalue weighted by Crippen LogP contribution is -2.81. The summed E-state index contributed by atoms with van der Waals surface area (Å²) in [5.74, 6) is -1.74. The van der Waals surface area contributed by atoms with Crippen LogP contribution in [0.4, 0.5) is 5.69 Å². The standard InChI is InChI=1S/C49H62N4O10/c1-8-22-62-29-53-37-24-38(59-5)35(23-34(37)47-18-21-52-19-13-17-46(10-3,40(47)52)42(63-30(4)54)49(58,41(47)53)44(56)61-7)48(43(55)60-6)26-31-25-45(57,9-2)28-51(27-31)20-16-33-32-14-11-12-15-36(32)50-39(33)48/h8,11-15,17,22-24,31,40-42,50,57-58H,9-10,16,18-21,25-29H2,1-7H3/b22-8+. The molecule has 63 heavy (non-hydrogen) atoms. The van der Waals surface area contributed by atoms with Crippen LogP contribution in [0.1, 0.15) is 82.2 Å². The number of piperidine rings is 1. The summed E-state index contributed by atoms with van der Waals surface area (Å²) in [6, 6.07) is 10.7. The third-order valence-electron chi connectivity index (χ3n) is 15.9. The lowest BCUT2D eigenvalue weighted by atomic mass is 9.47. The molecule has 3 aromatic rings. The number of H-pyrrole nitrogens is 1. The topological polar surface area (TPSA) is 163 Å². The number of allylic oxidation sites excluding steroid dienone is 1. The van der Waals surface area contributed by atoms with Crippen LogP contribution in [0, 0.1) is 11.3 Å². The van der Waals surface area contributed by atoms with Crippen LogP contribution >= 0.6 is 0 Å². The van der Waals surface area contributed by atoms with Crippen LogP contribution in [-0.2, 0) is 50.6 Å². The zero-order valence-electron chi connectivity index (χ0n) is 37.6. The highest BCUT2D eigenvalue weighted by atomic mass is 16.6. The average Bonchev–Trinajstić information content (AvgIpc) is 3.96. The number of methoxy groups -OCH3 is 3. The molecule has 1 saturated carbocycles. The molecule has 3 N–H and O–H groups in total. The number of aromatic amines is 1. The van der Waals surface area contributed by atoms with Gasteiger partial charge >= 0.3 is 17.9 Å². The van der Waals surface area contributed by atoms with E-state index in [-0.39, 0.29) is 18.7 Å². The van der Waals surface area contributed by atoms with Crippen molar-refractivity contribution in [3.63, 3.8) is 0 Å². The predicted molar refractivity (Wildman–Crippen MR) is 235 cm³/mol. The van der Waals surface area contributed by atoms with Crippen molar-refractivity contribution < 1.29 is 48.3 Å². The summed E-state index contributed by atoms with van der Waals surface area (Å²) in [7, 11) is 4.25. The summed E-state index contributed by atoms with van der Waals surface area (Å²) in [5.41, 5.74) is -2.22. The van der Waals surface area contributed by atoms with Crippen molar-refractivity contribution in [2.24, 2.45) is 11.3 Å². The zero-order chi connectivity index (χ0) is 44.7. The molecule has 0 amide bonds. The highest BCUT2D eigenvalue weighted by Gasteiger charge is 2.81. The van der Waals surface area contributed by atoms with E-state index in [1.807, 2.05) is 62.1 Å². The van der Waals surface area contributed by atoms with Gasteiger partial charge in [0.15, 0.2) is 12.8 Å². The van der Waals surface area contributed by atoms with Gasteiger partial charge in [-0.05, 0) is 81.2 Å². The van der Waals surface area contributed by atoms with E-state index >= 15 is 4.79 Å². The van der Waals surface area contributed by atoms with Gasteiger partial charge in [-0.3, -0.25) is 19.4 Å². The van der Waals surface area contributed by atoms with E-state index in [1.165, 1.54) is 21.1 Å². The molecule has 0 radical (unpaired) electrons. The minimum Gasteiger partial charge on any atom is -0.496 e. The van der Waals surface area contributed by atoms with Crippen LogP contribution in [0.25, 0.3) is 10.9 Å². The second-order valence-corrected chi connectivity index (χ2v) is 18.8. The molecule has 1 aromatic heterocycles. The number of ether oxygens (including phenoxy) is 5. The molecule has 9 rings (SSSR count). The van der Waals surface area contributed by atoms with E-state index < -0.39 is 57.5 Å². The van der Waals surface area contributed by atoms with Gasteiger partial charge in [-0.15, -0.1) is 0 Å². The van der Waals surface area contributed by atoms with Crippen LogP contribution < -0.4 is 9.64 Å². The summed E-state index contributed by atoms with van der Waals surface area (Å²) in [4.78, 5) is 53.7. The molecule has 2 saturated heterocycles. The second-order valence-electron chi connectivity index (χ2n) is 18.8. The van der Waals surface area contributed by atoms with Crippen LogP contribution in [0.15, 0.2) is 60.9 Å². The van der Waals surface area contributed by atoms with Gasteiger partial charge in [0.05, 0.1) is 39.2 Å². The summed E-state index contributed by atoms with van der Waals surface area (Å²) in [6.07, 6.45) is 8.99. The third kappa shape index (κ3) is 5.99. The first-order valence-corrected chi connectivity index (χ1v) is 22.5. The smallest absolute Gasteiger partial charge is 0.344 e. The quantitative estimate of drug-likeness (QED) is 0.110. The van der Waals surface area contributed by atoms with Crippen molar-refractivity contribution in [3.8, 4) is 5.75 Å². The number of esters is 3. The summed E-state index contributed by atoms with van der Waals surface area (Å²) >= 11 is 0. The fourth-order valence-electron chi connectivity index (χ4n) is 13.7. The summed E-state index contributed by atoms with van der Waals surface area (Å²) in [5, 5.41) is 26.7. The number of nitrogens with zero attached hydrogens (tertiary/aromatic N) is 3. The average molecular weight is 867 g/mol. The van der Waals surface area contributed by atoms with Gasteiger partial charge in [0.25, 0.3) is 0 Å². The number of aromatic nitrogens is 1. The first-order chi connectivity index (χ1) is 30.3. The largest absolute Gasteiger partial charge is 0.496 e. The molecule has 1 aliphatic carbocycles. The van der Waals surface area contributed by atoms with Crippen LogP contribution in [0.2, 0.25) is 0 Å². The Morgan fingerprint density at radius 2 is 1.75 bits per heavy atom. The number of hydrogen-bond acceptors (Lipinski definition) is 13. The Kier molecular flexibility index (Phi) is 10.8. The minimum atomic E-state index is -2.41. The molecule has 14 nitrogen and oxygen atoms in total. The maximum atomic E-state index is 15.5. The maximum Gasteiger partial charge on any atom is 0.344 e. The Labute approximate surface area is 369 Å². The van der Waals surface area contributed by atoms with E-state index in [4.69, 9.17) is 23.7 Å². The molecule has 338 valence electrons. The van der Waals surface area contributed by atoms with Crippen molar-refractivity contribution >= 4 is 34.5 Å².